The van der Waals surface area contributed by atoms with E-state index in [-0.39, 0.29) is 11.4 Å². The minimum absolute atomic E-state index is 0.0897. The van der Waals surface area contributed by atoms with Crippen molar-refractivity contribution in [1.29, 1.82) is 0 Å². The number of esters is 1. The number of hydrogen-bond acceptors (Lipinski definition) is 3. The van der Waals surface area contributed by atoms with Crippen LogP contribution in [0.15, 0.2) is 41.8 Å². The van der Waals surface area contributed by atoms with Gasteiger partial charge >= 0.3 is 5.97 Å². The van der Waals surface area contributed by atoms with E-state index >= 15 is 0 Å². The van der Waals surface area contributed by atoms with Gasteiger partial charge in [0.1, 0.15) is 5.75 Å². The molecule has 1 aromatic carbocycles. The molecular formula is C18H20O2S. The third-order valence-corrected chi connectivity index (χ3v) is 4.02. The largest absolute Gasteiger partial charge is 0.423 e. The van der Waals surface area contributed by atoms with Gasteiger partial charge in [0.15, 0.2) is 0 Å². The zero-order chi connectivity index (χ0) is 15.5. The highest BCUT2D eigenvalue weighted by Crippen LogP contribution is 2.27. The molecule has 0 unspecified atom stereocenters. The van der Waals surface area contributed by atoms with Gasteiger partial charge in [-0.2, -0.15) is 0 Å². The van der Waals surface area contributed by atoms with E-state index < -0.39 is 0 Å². The molecule has 0 aliphatic rings. The maximum atomic E-state index is 11.8. The van der Waals surface area contributed by atoms with Crippen molar-refractivity contribution in [2.75, 3.05) is 0 Å². The number of carbonyl (C=O) groups is 1. The van der Waals surface area contributed by atoms with Crippen molar-refractivity contribution in [3.8, 4) is 5.75 Å². The van der Waals surface area contributed by atoms with Gasteiger partial charge in [-0.05, 0) is 47.1 Å². The molecule has 1 heterocycles. The fraction of sp³-hybridized carbons (Fsp3) is 0.278. The van der Waals surface area contributed by atoms with Crippen LogP contribution in [0.3, 0.4) is 0 Å². The van der Waals surface area contributed by atoms with Crippen molar-refractivity contribution in [3.63, 3.8) is 0 Å². The van der Waals surface area contributed by atoms with E-state index in [0.717, 1.165) is 10.4 Å². The third kappa shape index (κ3) is 4.30. The summed E-state index contributed by atoms with van der Waals surface area (Å²) in [6, 6.07) is 9.86. The van der Waals surface area contributed by atoms with Crippen molar-refractivity contribution in [2.24, 2.45) is 0 Å². The van der Waals surface area contributed by atoms with Crippen LogP contribution in [0.4, 0.5) is 0 Å². The molecule has 0 N–H and O–H groups in total. The number of thiophene rings is 1. The van der Waals surface area contributed by atoms with Crippen LogP contribution in [0, 0.1) is 6.92 Å². The van der Waals surface area contributed by atoms with Crippen LogP contribution in [0.2, 0.25) is 0 Å². The number of carbonyl (C=O) groups excluding carboxylic acids is 1. The van der Waals surface area contributed by atoms with Crippen LogP contribution in [-0.4, -0.2) is 5.97 Å². The summed E-state index contributed by atoms with van der Waals surface area (Å²) in [7, 11) is 0. The Labute approximate surface area is 130 Å². The second-order valence-corrected chi connectivity index (χ2v) is 6.98. The molecule has 0 amide bonds. The molecule has 2 aromatic rings. The fourth-order valence-corrected chi connectivity index (χ4v) is 2.53. The Morgan fingerprint density at radius 1 is 1.24 bits per heavy atom. The molecule has 0 aliphatic carbocycles. The summed E-state index contributed by atoms with van der Waals surface area (Å²) < 4.78 is 5.39. The van der Waals surface area contributed by atoms with Crippen LogP contribution in [0.25, 0.3) is 6.08 Å². The summed E-state index contributed by atoms with van der Waals surface area (Å²) in [5.74, 6) is 0.263. The molecule has 0 bridgehead atoms. The third-order valence-electron chi connectivity index (χ3n) is 3.18. The molecule has 110 valence electrons. The van der Waals surface area contributed by atoms with Crippen LogP contribution in [0.5, 0.6) is 5.75 Å². The fourth-order valence-electron chi connectivity index (χ4n) is 1.91. The molecule has 1 aromatic heterocycles. The predicted molar refractivity (Wildman–Crippen MR) is 88.9 cm³/mol. The molecule has 2 rings (SSSR count). The molecule has 0 fully saturated rings. The summed E-state index contributed by atoms with van der Waals surface area (Å²) >= 11 is 1.58. The number of hydrogen-bond donors (Lipinski definition) is 0. The molecule has 0 saturated heterocycles. The Morgan fingerprint density at radius 3 is 2.57 bits per heavy atom. The van der Waals surface area contributed by atoms with Crippen LogP contribution < -0.4 is 4.74 Å². The normalized spacial score (nSPS) is 11.8. The number of benzene rings is 1. The van der Waals surface area contributed by atoms with Gasteiger partial charge in [-0.1, -0.05) is 39.0 Å². The Morgan fingerprint density at radius 2 is 2.00 bits per heavy atom. The predicted octanol–water partition coefficient (Wildman–Crippen LogP) is 4.97. The summed E-state index contributed by atoms with van der Waals surface area (Å²) in [4.78, 5) is 12.9. The molecule has 2 nitrogen and oxygen atoms in total. The van der Waals surface area contributed by atoms with Crippen molar-refractivity contribution in [2.45, 2.75) is 33.1 Å². The maximum absolute atomic E-state index is 11.8. The monoisotopic (exact) mass is 300 g/mol. The van der Waals surface area contributed by atoms with Crippen LogP contribution >= 0.6 is 11.3 Å². The summed E-state index contributed by atoms with van der Waals surface area (Å²) in [5.41, 5.74) is 2.29. The van der Waals surface area contributed by atoms with Crippen molar-refractivity contribution < 1.29 is 9.53 Å². The zero-order valence-electron chi connectivity index (χ0n) is 12.8. The van der Waals surface area contributed by atoms with E-state index in [0.29, 0.717) is 5.75 Å². The molecule has 3 heteroatoms. The van der Waals surface area contributed by atoms with Crippen molar-refractivity contribution in [1.82, 2.24) is 0 Å². The van der Waals surface area contributed by atoms with Gasteiger partial charge in [0.2, 0.25) is 0 Å². The molecule has 0 saturated carbocycles. The minimum atomic E-state index is -0.352. The van der Waals surface area contributed by atoms with Gasteiger partial charge in [0, 0.05) is 11.0 Å². The first kappa shape index (κ1) is 15.5. The zero-order valence-corrected chi connectivity index (χ0v) is 13.7. The summed E-state index contributed by atoms with van der Waals surface area (Å²) in [6.07, 6.45) is 3.23. The smallest absolute Gasteiger partial charge is 0.336 e. The van der Waals surface area contributed by atoms with E-state index in [9.17, 15) is 4.79 Å². The lowest BCUT2D eigenvalue weighted by atomic mass is 9.86. The summed E-state index contributed by atoms with van der Waals surface area (Å²) in [5, 5.41) is 1.97. The Kier molecular flexibility index (Phi) is 4.63. The van der Waals surface area contributed by atoms with Gasteiger partial charge in [0.05, 0.1) is 0 Å². The number of rotatable bonds is 3. The van der Waals surface area contributed by atoms with Gasteiger partial charge in [0.25, 0.3) is 0 Å². The molecule has 0 aliphatic heterocycles. The highest BCUT2D eigenvalue weighted by Gasteiger charge is 2.15. The van der Waals surface area contributed by atoms with E-state index in [2.05, 4.69) is 26.8 Å². The first-order valence-electron chi connectivity index (χ1n) is 6.91. The van der Waals surface area contributed by atoms with E-state index in [1.54, 1.807) is 17.4 Å². The second-order valence-electron chi connectivity index (χ2n) is 6.00. The van der Waals surface area contributed by atoms with E-state index in [1.165, 1.54) is 11.6 Å². The Balaban J connectivity index is 2.08. The maximum Gasteiger partial charge on any atom is 0.336 e. The molecule has 21 heavy (non-hydrogen) atoms. The molecule has 0 spiro atoms. The van der Waals surface area contributed by atoms with Gasteiger partial charge in [-0.15, -0.1) is 11.3 Å². The highest BCUT2D eigenvalue weighted by atomic mass is 32.1. The molecular weight excluding hydrogens is 280 g/mol. The Hall–Kier alpha value is -1.87. The highest BCUT2D eigenvalue weighted by molar-refractivity contribution is 7.10. The van der Waals surface area contributed by atoms with Crippen molar-refractivity contribution >= 4 is 23.4 Å². The lowest BCUT2D eigenvalue weighted by Gasteiger charge is -2.20. The van der Waals surface area contributed by atoms with E-state index in [4.69, 9.17) is 4.74 Å². The van der Waals surface area contributed by atoms with Crippen LogP contribution in [-0.2, 0) is 10.2 Å². The molecule has 0 radical (unpaired) electrons. The minimum Gasteiger partial charge on any atom is -0.423 e. The van der Waals surface area contributed by atoms with Gasteiger partial charge in [-0.25, -0.2) is 4.79 Å². The number of aryl methyl sites for hydroxylation is 1. The first-order valence-corrected chi connectivity index (χ1v) is 7.79. The molecule has 0 atom stereocenters. The Bertz CT molecular complexity index is 646. The van der Waals surface area contributed by atoms with Gasteiger partial charge in [-0.3, -0.25) is 0 Å². The lowest BCUT2D eigenvalue weighted by molar-refractivity contribution is -0.128. The topological polar surface area (TPSA) is 26.3 Å². The van der Waals surface area contributed by atoms with Crippen LogP contribution in [0.1, 0.15) is 36.8 Å². The van der Waals surface area contributed by atoms with Crippen molar-refractivity contribution in [3.05, 3.63) is 57.8 Å². The standard InChI is InChI=1S/C18H20O2S/c1-13-12-14(18(2,3)4)7-9-16(13)20-17(19)10-8-15-6-5-11-21-15/h5-12H,1-4H3. The number of ether oxygens (including phenoxy) is 1. The SMILES string of the molecule is Cc1cc(C(C)(C)C)ccc1OC(=O)C=Cc1cccs1. The average molecular weight is 300 g/mol. The van der Waals surface area contributed by atoms with E-state index in [1.807, 2.05) is 36.6 Å². The van der Waals surface area contributed by atoms with Gasteiger partial charge < -0.3 is 4.74 Å². The first-order chi connectivity index (χ1) is 9.86. The second kappa shape index (κ2) is 6.27. The summed E-state index contributed by atoms with van der Waals surface area (Å²) in [6.45, 7) is 8.45. The average Bonchev–Trinajstić information content (AvgIpc) is 2.91. The quantitative estimate of drug-likeness (QED) is 0.454. The lowest BCUT2D eigenvalue weighted by Crippen LogP contribution is -2.12.